The number of unbranched alkanes of at least 4 members (excludes halogenated alkanes) is 5. The Balaban J connectivity index is 1.70. The van der Waals surface area contributed by atoms with Crippen LogP contribution in [-0.4, -0.2) is 6.61 Å². The van der Waals surface area contributed by atoms with Gasteiger partial charge in [0.15, 0.2) is 0 Å². The van der Waals surface area contributed by atoms with Gasteiger partial charge in [-0.05, 0) is 55.4 Å². The van der Waals surface area contributed by atoms with Crippen molar-refractivity contribution < 1.29 is 4.74 Å². The fourth-order valence-corrected chi connectivity index (χ4v) is 3.56. The molecule has 1 atom stereocenters. The third-order valence-corrected chi connectivity index (χ3v) is 5.02. The van der Waals surface area contributed by atoms with Gasteiger partial charge in [0.25, 0.3) is 0 Å². The first kappa shape index (κ1) is 18.1. The van der Waals surface area contributed by atoms with E-state index in [9.17, 15) is 0 Å². The van der Waals surface area contributed by atoms with Gasteiger partial charge in [-0.1, -0.05) is 70.1 Å². The largest absolute Gasteiger partial charge is 0.494 e. The van der Waals surface area contributed by atoms with E-state index in [1.54, 1.807) is 0 Å². The quantitative estimate of drug-likeness (QED) is 0.422. The standard InChI is InChI=1S/C22H34O/c1-3-5-6-7-8-9-10-19-11-13-20(14-12-19)21-15-17-22(18-16-21)23-4-2/h13,15-19H,3-12,14H2,1-2H3. The van der Waals surface area contributed by atoms with Gasteiger partial charge >= 0.3 is 0 Å². The molecular weight excluding hydrogens is 280 g/mol. The van der Waals surface area contributed by atoms with Crippen molar-refractivity contribution in [2.75, 3.05) is 6.61 Å². The van der Waals surface area contributed by atoms with Crippen molar-refractivity contribution in [1.29, 1.82) is 0 Å². The maximum Gasteiger partial charge on any atom is 0.119 e. The fraction of sp³-hybridized carbons (Fsp3) is 0.636. The van der Waals surface area contributed by atoms with E-state index in [0.29, 0.717) is 0 Å². The second-order valence-corrected chi connectivity index (χ2v) is 6.88. The fourth-order valence-electron chi connectivity index (χ4n) is 3.56. The van der Waals surface area contributed by atoms with E-state index in [1.807, 2.05) is 6.92 Å². The van der Waals surface area contributed by atoms with Gasteiger partial charge in [0.1, 0.15) is 5.75 Å². The van der Waals surface area contributed by atoms with E-state index in [1.165, 1.54) is 75.3 Å². The van der Waals surface area contributed by atoms with Crippen molar-refractivity contribution in [2.45, 2.75) is 78.1 Å². The van der Waals surface area contributed by atoms with Crippen LogP contribution < -0.4 is 4.74 Å². The van der Waals surface area contributed by atoms with E-state index < -0.39 is 0 Å². The number of hydrogen-bond donors (Lipinski definition) is 0. The first-order chi connectivity index (χ1) is 11.3. The Morgan fingerprint density at radius 2 is 1.70 bits per heavy atom. The van der Waals surface area contributed by atoms with Crippen LogP contribution in [0.5, 0.6) is 5.75 Å². The molecule has 1 aliphatic carbocycles. The molecule has 0 saturated heterocycles. The molecule has 0 aliphatic heterocycles. The Morgan fingerprint density at radius 1 is 0.957 bits per heavy atom. The van der Waals surface area contributed by atoms with Crippen molar-refractivity contribution >= 4 is 5.57 Å². The topological polar surface area (TPSA) is 9.23 Å². The zero-order valence-corrected chi connectivity index (χ0v) is 15.2. The molecule has 1 unspecified atom stereocenters. The summed E-state index contributed by atoms with van der Waals surface area (Å²) in [6.45, 7) is 5.06. The van der Waals surface area contributed by atoms with Gasteiger partial charge in [0, 0.05) is 0 Å². The summed E-state index contributed by atoms with van der Waals surface area (Å²) in [5.41, 5.74) is 2.92. The Morgan fingerprint density at radius 3 is 2.35 bits per heavy atom. The van der Waals surface area contributed by atoms with Crippen molar-refractivity contribution in [2.24, 2.45) is 5.92 Å². The van der Waals surface area contributed by atoms with Crippen LogP contribution >= 0.6 is 0 Å². The molecule has 1 aromatic carbocycles. The number of benzene rings is 1. The second kappa shape index (κ2) is 10.5. The lowest BCUT2D eigenvalue weighted by atomic mass is 9.84. The van der Waals surface area contributed by atoms with Crippen LogP contribution in [0.1, 0.15) is 83.6 Å². The monoisotopic (exact) mass is 314 g/mol. The summed E-state index contributed by atoms with van der Waals surface area (Å²) in [4.78, 5) is 0. The first-order valence-electron chi connectivity index (χ1n) is 9.75. The normalized spacial score (nSPS) is 17.8. The smallest absolute Gasteiger partial charge is 0.119 e. The SMILES string of the molecule is CCCCCCCCC1CC=C(c2ccc(OCC)cc2)CC1. The Kier molecular flexibility index (Phi) is 8.28. The predicted molar refractivity (Wildman–Crippen MR) is 101 cm³/mol. The van der Waals surface area contributed by atoms with Crippen LogP contribution in [0.25, 0.3) is 5.57 Å². The highest BCUT2D eigenvalue weighted by atomic mass is 16.5. The van der Waals surface area contributed by atoms with E-state index in [4.69, 9.17) is 4.74 Å². The molecule has 1 aromatic rings. The van der Waals surface area contributed by atoms with Crippen molar-refractivity contribution in [1.82, 2.24) is 0 Å². The first-order valence-corrected chi connectivity index (χ1v) is 9.75. The summed E-state index contributed by atoms with van der Waals surface area (Å²) in [6.07, 6.45) is 16.3. The molecule has 0 bridgehead atoms. The lowest BCUT2D eigenvalue weighted by Crippen LogP contribution is -2.05. The Hall–Kier alpha value is -1.24. The number of rotatable bonds is 10. The van der Waals surface area contributed by atoms with Gasteiger partial charge in [-0.25, -0.2) is 0 Å². The second-order valence-electron chi connectivity index (χ2n) is 6.88. The van der Waals surface area contributed by atoms with Gasteiger partial charge in [-0.3, -0.25) is 0 Å². The van der Waals surface area contributed by atoms with Gasteiger partial charge in [0.2, 0.25) is 0 Å². The van der Waals surface area contributed by atoms with E-state index in [-0.39, 0.29) is 0 Å². The average molecular weight is 315 g/mol. The van der Waals surface area contributed by atoms with Crippen LogP contribution in [0.2, 0.25) is 0 Å². The number of ether oxygens (including phenoxy) is 1. The minimum Gasteiger partial charge on any atom is -0.494 e. The van der Waals surface area contributed by atoms with Gasteiger partial charge in [-0.15, -0.1) is 0 Å². The van der Waals surface area contributed by atoms with Crippen LogP contribution in [0.4, 0.5) is 0 Å². The summed E-state index contributed by atoms with van der Waals surface area (Å²) >= 11 is 0. The van der Waals surface area contributed by atoms with E-state index in [2.05, 4.69) is 37.3 Å². The molecule has 1 nitrogen and oxygen atoms in total. The Labute approximate surface area is 143 Å². The summed E-state index contributed by atoms with van der Waals surface area (Å²) in [5.74, 6) is 1.90. The van der Waals surface area contributed by atoms with Gasteiger partial charge < -0.3 is 4.74 Å². The molecule has 0 N–H and O–H groups in total. The lowest BCUT2D eigenvalue weighted by molar-refractivity contribution is 0.340. The molecule has 1 heteroatoms. The average Bonchev–Trinajstić information content (AvgIpc) is 2.60. The van der Waals surface area contributed by atoms with Crippen molar-refractivity contribution in [3.8, 4) is 5.75 Å². The Bertz CT molecular complexity index is 457. The highest BCUT2D eigenvalue weighted by molar-refractivity contribution is 5.66. The molecule has 128 valence electrons. The maximum absolute atomic E-state index is 5.53. The van der Waals surface area contributed by atoms with Crippen LogP contribution in [0, 0.1) is 5.92 Å². The molecular formula is C22H34O. The highest BCUT2D eigenvalue weighted by Gasteiger charge is 2.15. The molecule has 23 heavy (non-hydrogen) atoms. The molecule has 0 radical (unpaired) electrons. The van der Waals surface area contributed by atoms with Crippen molar-refractivity contribution in [3.05, 3.63) is 35.9 Å². The minimum absolute atomic E-state index is 0.738. The van der Waals surface area contributed by atoms with Crippen LogP contribution in [0.15, 0.2) is 30.3 Å². The predicted octanol–water partition coefficient (Wildman–Crippen LogP) is 7.02. The van der Waals surface area contributed by atoms with Crippen LogP contribution in [0.3, 0.4) is 0 Å². The highest BCUT2D eigenvalue weighted by Crippen LogP contribution is 2.33. The number of allylic oxidation sites excluding steroid dienone is 2. The molecule has 0 amide bonds. The lowest BCUT2D eigenvalue weighted by Gasteiger charge is -2.22. The third-order valence-electron chi connectivity index (χ3n) is 5.02. The zero-order chi connectivity index (χ0) is 16.3. The molecule has 2 rings (SSSR count). The molecule has 0 heterocycles. The minimum atomic E-state index is 0.738. The molecule has 0 spiro atoms. The third kappa shape index (κ3) is 6.41. The molecule has 0 saturated carbocycles. The summed E-state index contributed by atoms with van der Waals surface area (Å²) in [5, 5.41) is 0. The summed E-state index contributed by atoms with van der Waals surface area (Å²) in [7, 11) is 0. The molecule has 0 fully saturated rings. The summed E-state index contributed by atoms with van der Waals surface area (Å²) in [6, 6.07) is 8.62. The zero-order valence-electron chi connectivity index (χ0n) is 15.2. The van der Waals surface area contributed by atoms with Gasteiger partial charge in [0.05, 0.1) is 6.61 Å². The maximum atomic E-state index is 5.53. The number of hydrogen-bond acceptors (Lipinski definition) is 1. The molecule has 1 aliphatic rings. The van der Waals surface area contributed by atoms with Crippen molar-refractivity contribution in [3.63, 3.8) is 0 Å². The van der Waals surface area contributed by atoms with E-state index in [0.717, 1.165) is 18.3 Å². The van der Waals surface area contributed by atoms with Gasteiger partial charge in [-0.2, -0.15) is 0 Å². The van der Waals surface area contributed by atoms with Crippen LogP contribution in [-0.2, 0) is 0 Å². The summed E-state index contributed by atoms with van der Waals surface area (Å²) < 4.78 is 5.53. The van der Waals surface area contributed by atoms with E-state index >= 15 is 0 Å². The molecule has 0 aromatic heterocycles.